The molecule has 16 heavy (non-hydrogen) atoms. The Bertz CT molecular complexity index is 443. The quantitative estimate of drug-likeness (QED) is 0.763. The predicted octanol–water partition coefficient (Wildman–Crippen LogP) is 3.62. The molecule has 0 fully saturated rings. The van der Waals surface area contributed by atoms with E-state index in [1.54, 1.807) is 0 Å². The van der Waals surface area contributed by atoms with Gasteiger partial charge in [-0.1, -0.05) is 44.2 Å². The maximum Gasteiger partial charge on any atom is 0.0740 e. The topological polar surface area (TPSA) is 17.8 Å². The molecule has 1 atom stereocenters. The van der Waals surface area contributed by atoms with Gasteiger partial charge in [-0.3, -0.25) is 4.68 Å². The molecule has 2 nitrogen and oxygen atoms in total. The summed E-state index contributed by atoms with van der Waals surface area (Å²) in [5.74, 6) is 0.490. The molecule has 0 saturated carbocycles. The Balaban J connectivity index is 2.24. The second-order valence-corrected chi connectivity index (χ2v) is 4.46. The number of hydrogen-bond donors (Lipinski definition) is 0. The van der Waals surface area contributed by atoms with Gasteiger partial charge in [-0.15, -0.1) is 0 Å². The van der Waals surface area contributed by atoms with E-state index in [1.165, 1.54) is 5.56 Å². The van der Waals surface area contributed by atoms with Gasteiger partial charge in [0.15, 0.2) is 0 Å². The molecule has 1 unspecified atom stereocenters. The summed E-state index contributed by atoms with van der Waals surface area (Å²) in [7, 11) is 0. The lowest BCUT2D eigenvalue weighted by molar-refractivity contribution is 0.552. The van der Waals surface area contributed by atoms with Crippen LogP contribution in [0.5, 0.6) is 0 Å². The average molecular weight is 214 g/mol. The summed E-state index contributed by atoms with van der Waals surface area (Å²) in [6, 6.07) is 12.9. The first-order valence-corrected chi connectivity index (χ1v) is 5.78. The average Bonchev–Trinajstić information content (AvgIpc) is 2.78. The van der Waals surface area contributed by atoms with Gasteiger partial charge in [0.25, 0.3) is 0 Å². The third-order valence-corrected chi connectivity index (χ3v) is 2.90. The molecule has 84 valence electrons. The second kappa shape index (κ2) is 4.52. The van der Waals surface area contributed by atoms with Crippen LogP contribution in [0.2, 0.25) is 0 Å². The lowest BCUT2D eigenvalue weighted by Gasteiger charge is -2.12. The van der Waals surface area contributed by atoms with Crippen LogP contribution in [0.25, 0.3) is 0 Å². The Morgan fingerprint density at radius 2 is 1.69 bits per heavy atom. The second-order valence-electron chi connectivity index (χ2n) is 4.46. The van der Waals surface area contributed by atoms with Crippen LogP contribution < -0.4 is 0 Å². The van der Waals surface area contributed by atoms with E-state index in [0.29, 0.717) is 12.0 Å². The Labute approximate surface area is 96.9 Å². The van der Waals surface area contributed by atoms with Gasteiger partial charge >= 0.3 is 0 Å². The van der Waals surface area contributed by atoms with Gasteiger partial charge < -0.3 is 0 Å². The minimum Gasteiger partial charge on any atom is -0.265 e. The van der Waals surface area contributed by atoms with Gasteiger partial charge in [0.05, 0.1) is 11.7 Å². The summed E-state index contributed by atoms with van der Waals surface area (Å²) < 4.78 is 2.03. The van der Waals surface area contributed by atoms with Crippen LogP contribution in [0.1, 0.15) is 44.0 Å². The van der Waals surface area contributed by atoms with Crippen molar-refractivity contribution in [3.05, 3.63) is 53.9 Å². The van der Waals surface area contributed by atoms with Crippen LogP contribution in [0.3, 0.4) is 0 Å². The van der Waals surface area contributed by atoms with E-state index in [9.17, 15) is 0 Å². The highest BCUT2D eigenvalue weighted by Gasteiger charge is 2.10. The maximum atomic E-state index is 4.60. The van der Waals surface area contributed by atoms with Crippen molar-refractivity contribution >= 4 is 0 Å². The van der Waals surface area contributed by atoms with E-state index < -0.39 is 0 Å². The highest BCUT2D eigenvalue weighted by Crippen LogP contribution is 2.18. The first kappa shape index (κ1) is 10.9. The summed E-state index contributed by atoms with van der Waals surface area (Å²) in [5.41, 5.74) is 2.45. The van der Waals surface area contributed by atoms with E-state index in [2.05, 4.69) is 62.4 Å². The van der Waals surface area contributed by atoms with Gasteiger partial charge in [0.2, 0.25) is 0 Å². The van der Waals surface area contributed by atoms with Gasteiger partial charge in [-0.25, -0.2) is 0 Å². The van der Waals surface area contributed by atoms with Gasteiger partial charge in [0.1, 0.15) is 0 Å². The van der Waals surface area contributed by atoms with E-state index in [4.69, 9.17) is 0 Å². The van der Waals surface area contributed by atoms with Gasteiger partial charge in [-0.2, -0.15) is 5.10 Å². The van der Waals surface area contributed by atoms with Crippen molar-refractivity contribution in [1.82, 2.24) is 9.78 Å². The molecule has 0 N–H and O–H groups in total. The van der Waals surface area contributed by atoms with Gasteiger partial charge in [-0.05, 0) is 24.5 Å². The van der Waals surface area contributed by atoms with Crippen LogP contribution in [0.15, 0.2) is 42.6 Å². The standard InChI is InChI=1S/C14H18N2/c1-11(2)14-9-10-16(15-14)12(3)13-7-5-4-6-8-13/h4-12H,1-3H3. The fourth-order valence-corrected chi connectivity index (χ4v) is 1.76. The Kier molecular flexibility index (Phi) is 3.09. The predicted molar refractivity (Wildman–Crippen MR) is 66.6 cm³/mol. The van der Waals surface area contributed by atoms with E-state index in [1.807, 2.05) is 10.7 Å². The van der Waals surface area contributed by atoms with Crippen molar-refractivity contribution in [3.63, 3.8) is 0 Å². The van der Waals surface area contributed by atoms with Crippen molar-refractivity contribution in [3.8, 4) is 0 Å². The molecule has 2 aromatic rings. The van der Waals surface area contributed by atoms with E-state index in [0.717, 1.165) is 5.69 Å². The number of rotatable bonds is 3. The van der Waals surface area contributed by atoms with Crippen molar-refractivity contribution in [2.45, 2.75) is 32.7 Å². The normalized spacial score (nSPS) is 13.0. The van der Waals surface area contributed by atoms with Crippen molar-refractivity contribution in [2.24, 2.45) is 0 Å². The van der Waals surface area contributed by atoms with E-state index >= 15 is 0 Å². The number of benzene rings is 1. The molecule has 2 rings (SSSR count). The monoisotopic (exact) mass is 214 g/mol. The molecule has 0 amide bonds. The molecule has 0 bridgehead atoms. The van der Waals surface area contributed by atoms with Crippen molar-refractivity contribution in [2.75, 3.05) is 0 Å². The third kappa shape index (κ3) is 2.16. The Hall–Kier alpha value is -1.57. The molecule has 0 aliphatic carbocycles. The maximum absolute atomic E-state index is 4.60. The summed E-state index contributed by atoms with van der Waals surface area (Å²) in [5, 5.41) is 4.60. The van der Waals surface area contributed by atoms with Crippen LogP contribution in [-0.2, 0) is 0 Å². The van der Waals surface area contributed by atoms with Gasteiger partial charge in [0, 0.05) is 6.20 Å². The minimum absolute atomic E-state index is 0.300. The molecule has 0 spiro atoms. The lowest BCUT2D eigenvalue weighted by atomic mass is 10.1. The van der Waals surface area contributed by atoms with Crippen molar-refractivity contribution in [1.29, 1.82) is 0 Å². The fourth-order valence-electron chi connectivity index (χ4n) is 1.76. The fraction of sp³-hybridized carbons (Fsp3) is 0.357. The SMILES string of the molecule is CC(C)c1ccn(C(C)c2ccccc2)n1. The van der Waals surface area contributed by atoms with Crippen LogP contribution >= 0.6 is 0 Å². The number of nitrogens with zero attached hydrogens (tertiary/aromatic N) is 2. The largest absolute Gasteiger partial charge is 0.265 e. The zero-order chi connectivity index (χ0) is 11.5. The molecule has 2 heteroatoms. The molecular formula is C14H18N2. The smallest absolute Gasteiger partial charge is 0.0740 e. The van der Waals surface area contributed by atoms with Crippen LogP contribution in [0, 0.1) is 0 Å². The molecular weight excluding hydrogens is 196 g/mol. The first-order chi connectivity index (χ1) is 7.68. The Morgan fingerprint density at radius 1 is 1.00 bits per heavy atom. The summed E-state index contributed by atoms with van der Waals surface area (Å²) in [4.78, 5) is 0. The third-order valence-electron chi connectivity index (χ3n) is 2.90. The molecule has 0 radical (unpaired) electrons. The summed E-state index contributed by atoms with van der Waals surface area (Å²) in [6.07, 6.45) is 2.06. The molecule has 1 aromatic carbocycles. The van der Waals surface area contributed by atoms with Crippen molar-refractivity contribution < 1.29 is 0 Å². The van der Waals surface area contributed by atoms with Crippen LogP contribution in [0.4, 0.5) is 0 Å². The summed E-state index contributed by atoms with van der Waals surface area (Å²) >= 11 is 0. The first-order valence-electron chi connectivity index (χ1n) is 5.78. The molecule has 0 aliphatic rings. The minimum atomic E-state index is 0.300. The molecule has 1 heterocycles. The Morgan fingerprint density at radius 3 is 2.25 bits per heavy atom. The molecule has 0 saturated heterocycles. The number of hydrogen-bond acceptors (Lipinski definition) is 1. The highest BCUT2D eigenvalue weighted by atomic mass is 15.3. The summed E-state index contributed by atoms with van der Waals surface area (Å²) in [6.45, 7) is 6.51. The molecule has 0 aliphatic heterocycles. The lowest BCUT2D eigenvalue weighted by Crippen LogP contribution is -2.07. The zero-order valence-electron chi connectivity index (χ0n) is 10.1. The zero-order valence-corrected chi connectivity index (χ0v) is 10.1. The van der Waals surface area contributed by atoms with E-state index in [-0.39, 0.29) is 0 Å². The number of aromatic nitrogens is 2. The molecule has 1 aromatic heterocycles. The highest BCUT2D eigenvalue weighted by molar-refractivity contribution is 5.19. The van der Waals surface area contributed by atoms with Crippen LogP contribution in [-0.4, -0.2) is 9.78 Å².